The van der Waals surface area contributed by atoms with Crippen LogP contribution in [0.25, 0.3) is 0 Å². The van der Waals surface area contributed by atoms with E-state index in [-0.39, 0.29) is 5.91 Å². The van der Waals surface area contributed by atoms with Crippen LogP contribution in [0.4, 0.5) is 10.7 Å². The molecule has 0 atom stereocenters. The van der Waals surface area contributed by atoms with E-state index < -0.39 is 0 Å². The van der Waals surface area contributed by atoms with E-state index >= 15 is 0 Å². The van der Waals surface area contributed by atoms with Crippen LogP contribution in [0.3, 0.4) is 0 Å². The molecule has 7 heteroatoms. The summed E-state index contributed by atoms with van der Waals surface area (Å²) in [6, 6.07) is 11.7. The summed E-state index contributed by atoms with van der Waals surface area (Å²) in [5.41, 5.74) is 2.03. The quantitative estimate of drug-likeness (QED) is 0.455. The molecule has 0 unspecified atom stereocenters. The zero-order valence-corrected chi connectivity index (χ0v) is 15.7. The number of benzene rings is 1. The summed E-state index contributed by atoms with van der Waals surface area (Å²) in [5, 5.41) is 9.61. The van der Waals surface area contributed by atoms with Gasteiger partial charge in [-0.25, -0.2) is 0 Å². The molecule has 0 spiro atoms. The Morgan fingerprint density at radius 2 is 2.00 bits per heavy atom. The molecule has 2 aromatic rings. The number of anilines is 2. The molecule has 4 rings (SSSR count). The van der Waals surface area contributed by atoms with E-state index in [1.54, 1.807) is 28.5 Å². The highest BCUT2D eigenvalue weighted by atomic mass is 32.1. The van der Waals surface area contributed by atoms with E-state index in [2.05, 4.69) is 27.7 Å². The maximum atomic E-state index is 12.7. The minimum atomic E-state index is -0.145. The predicted molar refractivity (Wildman–Crippen MR) is 110 cm³/mol. The highest BCUT2D eigenvalue weighted by Gasteiger charge is 2.32. The monoisotopic (exact) mass is 380 g/mol. The second-order valence-electron chi connectivity index (χ2n) is 6.19. The smallest absolute Gasteiger partial charge is 0.279 e. The van der Waals surface area contributed by atoms with E-state index in [1.165, 1.54) is 5.00 Å². The normalized spacial score (nSPS) is 18.5. The van der Waals surface area contributed by atoms with Crippen LogP contribution in [0.1, 0.15) is 10.4 Å². The Labute approximate surface area is 162 Å². The van der Waals surface area contributed by atoms with Crippen molar-refractivity contribution in [1.29, 1.82) is 0 Å². The number of hydrogen-bond donors (Lipinski definition) is 0. The van der Waals surface area contributed by atoms with Crippen molar-refractivity contribution in [2.45, 2.75) is 0 Å². The van der Waals surface area contributed by atoms with Crippen molar-refractivity contribution in [2.75, 3.05) is 42.6 Å². The van der Waals surface area contributed by atoms with Crippen molar-refractivity contribution in [3.63, 3.8) is 0 Å². The van der Waals surface area contributed by atoms with Gasteiger partial charge < -0.3 is 14.5 Å². The number of nitrogens with zero attached hydrogens (tertiary/aromatic N) is 4. The third-order valence-corrected chi connectivity index (χ3v) is 5.57. The molecule has 138 valence electrons. The lowest BCUT2D eigenvalue weighted by Crippen LogP contribution is -2.35. The van der Waals surface area contributed by atoms with Gasteiger partial charge in [-0.15, -0.1) is 23.0 Å². The number of amides is 1. The summed E-state index contributed by atoms with van der Waals surface area (Å²) < 4.78 is 5.39. The van der Waals surface area contributed by atoms with Gasteiger partial charge in [0.15, 0.2) is 5.71 Å². The Morgan fingerprint density at radius 3 is 2.81 bits per heavy atom. The molecule has 2 aliphatic rings. The molecule has 1 aromatic carbocycles. The molecule has 2 aliphatic heterocycles. The number of fused-ring (bicyclic) bond motifs is 1. The van der Waals surface area contributed by atoms with Crippen LogP contribution in [0.2, 0.25) is 0 Å². The van der Waals surface area contributed by atoms with Gasteiger partial charge in [-0.2, -0.15) is 5.10 Å². The molecule has 0 N–H and O–H groups in total. The second kappa shape index (κ2) is 7.85. The zero-order chi connectivity index (χ0) is 18.6. The van der Waals surface area contributed by atoms with Gasteiger partial charge in [-0.05, 0) is 18.2 Å². The first-order chi connectivity index (χ1) is 13.3. The van der Waals surface area contributed by atoms with E-state index in [0.29, 0.717) is 12.3 Å². The number of rotatable bonds is 5. The fourth-order valence-electron chi connectivity index (χ4n) is 3.18. The van der Waals surface area contributed by atoms with Gasteiger partial charge in [-0.1, -0.05) is 24.3 Å². The molecule has 0 aliphatic carbocycles. The van der Waals surface area contributed by atoms with Crippen LogP contribution in [-0.2, 0) is 9.53 Å². The van der Waals surface area contributed by atoms with Crippen LogP contribution >= 0.6 is 11.3 Å². The molecule has 1 aromatic heterocycles. The van der Waals surface area contributed by atoms with Crippen LogP contribution < -0.4 is 9.80 Å². The molecule has 6 nitrogen and oxygen atoms in total. The lowest BCUT2D eigenvalue weighted by molar-refractivity contribution is -0.112. The molecule has 0 saturated carbocycles. The SMILES string of the molecule is C=CCN1C(=O)/C(=N/N=C\c2ccc(N3CCOCC3)s2)c2ccccc21. The molecular formula is C20H20N4O2S. The van der Waals surface area contributed by atoms with Gasteiger partial charge in [0.25, 0.3) is 5.91 Å². The number of carbonyl (C=O) groups excluding carboxylic acids is 1. The second-order valence-corrected chi connectivity index (χ2v) is 7.28. The Morgan fingerprint density at radius 1 is 1.19 bits per heavy atom. The predicted octanol–water partition coefficient (Wildman–Crippen LogP) is 2.94. The van der Waals surface area contributed by atoms with Gasteiger partial charge in [0.2, 0.25) is 0 Å². The first-order valence-corrected chi connectivity index (χ1v) is 9.65. The molecule has 1 saturated heterocycles. The average molecular weight is 380 g/mol. The van der Waals surface area contributed by atoms with Crippen molar-refractivity contribution in [3.05, 3.63) is 59.5 Å². The maximum absolute atomic E-state index is 12.7. The number of thiophene rings is 1. The van der Waals surface area contributed by atoms with Crippen LogP contribution in [0.5, 0.6) is 0 Å². The molecule has 3 heterocycles. The number of ether oxygens (including phenoxy) is 1. The lowest BCUT2D eigenvalue weighted by atomic mass is 10.1. The van der Waals surface area contributed by atoms with E-state index in [9.17, 15) is 4.79 Å². The highest BCUT2D eigenvalue weighted by molar-refractivity contribution is 7.17. The van der Waals surface area contributed by atoms with Crippen molar-refractivity contribution < 1.29 is 9.53 Å². The average Bonchev–Trinajstić information content (AvgIpc) is 3.28. The zero-order valence-electron chi connectivity index (χ0n) is 14.9. The fraction of sp³-hybridized carbons (Fsp3) is 0.250. The summed E-state index contributed by atoms with van der Waals surface area (Å²) in [6.45, 7) is 7.51. The Hall–Kier alpha value is -2.77. The summed E-state index contributed by atoms with van der Waals surface area (Å²) in [4.78, 5) is 17.6. The van der Waals surface area contributed by atoms with Gasteiger partial charge in [0.05, 0.1) is 30.1 Å². The van der Waals surface area contributed by atoms with Gasteiger partial charge >= 0.3 is 0 Å². The van der Waals surface area contributed by atoms with Gasteiger partial charge in [-0.3, -0.25) is 4.79 Å². The Balaban J connectivity index is 1.53. The standard InChI is InChI=1S/C20H20N4O2S/c1-2-9-24-17-6-4-3-5-16(17)19(20(24)25)22-21-14-15-7-8-18(27-15)23-10-12-26-13-11-23/h2-8,14H,1,9-13H2/b21-14-,22-19+. The number of hydrogen-bond acceptors (Lipinski definition) is 6. The molecule has 0 radical (unpaired) electrons. The van der Waals surface area contributed by atoms with Crippen molar-refractivity contribution >= 4 is 39.9 Å². The summed E-state index contributed by atoms with van der Waals surface area (Å²) in [6.07, 6.45) is 3.41. The fourth-order valence-corrected chi connectivity index (χ4v) is 4.10. The Bertz CT molecular complexity index is 912. The summed E-state index contributed by atoms with van der Waals surface area (Å²) >= 11 is 1.66. The van der Waals surface area contributed by atoms with Gasteiger partial charge in [0.1, 0.15) is 0 Å². The van der Waals surface area contributed by atoms with Crippen LogP contribution in [0, 0.1) is 0 Å². The maximum Gasteiger partial charge on any atom is 0.279 e. The largest absolute Gasteiger partial charge is 0.378 e. The van der Waals surface area contributed by atoms with E-state index in [1.807, 2.05) is 30.3 Å². The third kappa shape index (κ3) is 3.56. The lowest BCUT2D eigenvalue weighted by Gasteiger charge is -2.27. The highest BCUT2D eigenvalue weighted by Crippen LogP contribution is 2.29. The summed E-state index contributed by atoms with van der Waals surface area (Å²) in [5.74, 6) is -0.145. The number of morpholine rings is 1. The van der Waals surface area contributed by atoms with E-state index in [4.69, 9.17) is 4.74 Å². The topological polar surface area (TPSA) is 57.5 Å². The van der Waals surface area contributed by atoms with Crippen molar-refractivity contribution in [2.24, 2.45) is 10.2 Å². The molecule has 1 fully saturated rings. The number of para-hydroxylation sites is 1. The third-order valence-electron chi connectivity index (χ3n) is 4.49. The minimum Gasteiger partial charge on any atom is -0.378 e. The molecular weight excluding hydrogens is 360 g/mol. The first kappa shape index (κ1) is 17.6. The Kier molecular flexibility index (Phi) is 5.13. The molecule has 27 heavy (non-hydrogen) atoms. The minimum absolute atomic E-state index is 0.145. The van der Waals surface area contributed by atoms with Crippen molar-refractivity contribution in [3.8, 4) is 0 Å². The van der Waals surface area contributed by atoms with Crippen molar-refractivity contribution in [1.82, 2.24) is 0 Å². The van der Waals surface area contributed by atoms with Crippen LogP contribution in [0.15, 0.2) is 59.3 Å². The molecule has 0 bridgehead atoms. The molecule has 1 amide bonds. The summed E-state index contributed by atoms with van der Waals surface area (Å²) in [7, 11) is 0. The number of carbonyl (C=O) groups is 1. The first-order valence-electron chi connectivity index (χ1n) is 8.83. The van der Waals surface area contributed by atoms with E-state index in [0.717, 1.165) is 42.4 Å². The van der Waals surface area contributed by atoms with Gasteiger partial charge in [0, 0.05) is 30.1 Å². The van der Waals surface area contributed by atoms with Crippen LogP contribution in [-0.4, -0.2) is 50.7 Å².